The number of hydrogen-bond donors (Lipinski definition) is 2. The van der Waals surface area contributed by atoms with Gasteiger partial charge in [-0.2, -0.15) is 9.94 Å². The highest BCUT2D eigenvalue weighted by molar-refractivity contribution is 5.82. The Balaban J connectivity index is 1.61. The average Bonchev–Trinajstić information content (AvgIpc) is 3.07. The number of rotatable bonds is 5. The average molecular weight is 339 g/mol. The monoisotopic (exact) mass is 339 g/mol. The maximum absolute atomic E-state index is 12.3. The minimum atomic E-state index is -0.706. The van der Waals surface area contributed by atoms with Gasteiger partial charge in [-0.1, -0.05) is 25.3 Å². The predicted octanol–water partition coefficient (Wildman–Crippen LogP) is 1.73. The Hall–Kier alpha value is -2.95. The van der Waals surface area contributed by atoms with Crippen molar-refractivity contribution in [1.29, 1.82) is 5.26 Å². The van der Waals surface area contributed by atoms with Crippen LogP contribution in [0.1, 0.15) is 37.9 Å². The number of carbonyl (C=O) groups excluding carboxylic acids is 1. The number of aryl methyl sites for hydroxylation is 1. The summed E-state index contributed by atoms with van der Waals surface area (Å²) in [6.07, 6.45) is 4.54. The molecule has 0 aliphatic heterocycles. The molecule has 8 heteroatoms. The minimum Gasteiger partial charge on any atom is -0.376 e. The highest BCUT2D eigenvalue weighted by atomic mass is 16.2. The van der Waals surface area contributed by atoms with E-state index in [1.165, 1.54) is 0 Å². The van der Waals surface area contributed by atoms with E-state index in [9.17, 15) is 10.1 Å². The summed E-state index contributed by atoms with van der Waals surface area (Å²) < 4.78 is 1.62. The molecular weight excluding hydrogens is 318 g/mol. The summed E-state index contributed by atoms with van der Waals surface area (Å²) in [4.78, 5) is 12.3. The molecule has 1 aromatic heterocycles. The van der Waals surface area contributed by atoms with Crippen LogP contribution in [-0.4, -0.2) is 38.2 Å². The molecule has 0 radical (unpaired) electrons. The molecule has 2 aromatic rings. The smallest absolute Gasteiger partial charge is 0.240 e. The van der Waals surface area contributed by atoms with Crippen molar-refractivity contribution in [3.63, 3.8) is 0 Å². The maximum Gasteiger partial charge on any atom is 0.240 e. The number of aromatic nitrogens is 4. The van der Waals surface area contributed by atoms with Crippen LogP contribution in [0.3, 0.4) is 0 Å². The molecule has 1 aliphatic carbocycles. The van der Waals surface area contributed by atoms with Crippen LogP contribution in [0.2, 0.25) is 0 Å². The second-order valence-corrected chi connectivity index (χ2v) is 6.34. The van der Waals surface area contributed by atoms with E-state index in [-0.39, 0.29) is 12.5 Å². The fourth-order valence-corrected chi connectivity index (χ4v) is 3.13. The molecule has 0 saturated heterocycles. The first-order valence-electron chi connectivity index (χ1n) is 8.43. The number of tetrazole rings is 1. The summed E-state index contributed by atoms with van der Waals surface area (Å²) in [7, 11) is 0. The number of hydrogen-bond acceptors (Lipinski definition) is 6. The first-order valence-corrected chi connectivity index (χ1v) is 8.43. The van der Waals surface area contributed by atoms with Crippen LogP contribution < -0.4 is 10.6 Å². The molecule has 1 fully saturated rings. The van der Waals surface area contributed by atoms with Gasteiger partial charge in [0.2, 0.25) is 5.91 Å². The zero-order chi connectivity index (χ0) is 17.7. The molecule has 1 aliphatic rings. The van der Waals surface area contributed by atoms with E-state index in [0.29, 0.717) is 5.82 Å². The molecule has 2 N–H and O–H groups in total. The van der Waals surface area contributed by atoms with Gasteiger partial charge >= 0.3 is 0 Å². The van der Waals surface area contributed by atoms with Gasteiger partial charge < -0.3 is 10.6 Å². The number of benzene rings is 1. The molecule has 1 amide bonds. The van der Waals surface area contributed by atoms with Crippen molar-refractivity contribution in [3.8, 4) is 11.8 Å². The van der Waals surface area contributed by atoms with Crippen molar-refractivity contribution < 1.29 is 4.79 Å². The Morgan fingerprint density at radius 2 is 2.16 bits per heavy atom. The molecule has 3 rings (SSSR count). The van der Waals surface area contributed by atoms with Crippen LogP contribution in [0.5, 0.6) is 0 Å². The van der Waals surface area contributed by atoms with Gasteiger partial charge in [0.25, 0.3) is 0 Å². The molecule has 1 heterocycles. The third-order valence-corrected chi connectivity index (χ3v) is 4.47. The summed E-state index contributed by atoms with van der Waals surface area (Å²) in [6.45, 7) is 1.93. The molecule has 1 aromatic carbocycles. The summed E-state index contributed by atoms with van der Waals surface area (Å²) in [5.74, 6) is 0.510. The van der Waals surface area contributed by atoms with Crippen molar-refractivity contribution in [3.05, 3.63) is 30.1 Å². The first kappa shape index (κ1) is 16.9. The lowest BCUT2D eigenvalue weighted by Gasteiger charge is -2.31. The van der Waals surface area contributed by atoms with Crippen LogP contribution in [0.25, 0.3) is 5.69 Å². The topological polar surface area (TPSA) is 109 Å². The van der Waals surface area contributed by atoms with E-state index < -0.39 is 5.54 Å². The maximum atomic E-state index is 12.3. The highest BCUT2D eigenvalue weighted by Gasteiger charge is 2.33. The van der Waals surface area contributed by atoms with Crippen LogP contribution in [0.4, 0.5) is 5.69 Å². The fourth-order valence-electron chi connectivity index (χ4n) is 3.13. The number of anilines is 1. The Labute approximate surface area is 146 Å². The van der Waals surface area contributed by atoms with Gasteiger partial charge in [0.15, 0.2) is 5.82 Å². The molecule has 0 atom stereocenters. The number of amides is 1. The third kappa shape index (κ3) is 3.94. The van der Waals surface area contributed by atoms with Crippen LogP contribution >= 0.6 is 0 Å². The molecule has 130 valence electrons. The van der Waals surface area contributed by atoms with Gasteiger partial charge in [0.05, 0.1) is 18.3 Å². The van der Waals surface area contributed by atoms with Crippen molar-refractivity contribution in [1.82, 2.24) is 25.5 Å². The highest BCUT2D eigenvalue weighted by Crippen LogP contribution is 2.27. The Morgan fingerprint density at radius 3 is 2.84 bits per heavy atom. The lowest BCUT2D eigenvalue weighted by Crippen LogP contribution is -2.50. The third-order valence-electron chi connectivity index (χ3n) is 4.47. The van der Waals surface area contributed by atoms with Crippen molar-refractivity contribution >= 4 is 11.6 Å². The molecule has 0 unspecified atom stereocenters. The molecule has 25 heavy (non-hydrogen) atoms. The van der Waals surface area contributed by atoms with Crippen LogP contribution in [0.15, 0.2) is 24.3 Å². The van der Waals surface area contributed by atoms with Crippen molar-refractivity contribution in [2.24, 2.45) is 0 Å². The fraction of sp³-hybridized carbons (Fsp3) is 0.471. The summed E-state index contributed by atoms with van der Waals surface area (Å²) >= 11 is 0. The standard InChI is InChI=1S/C17H21N7O/c1-13-21-22-23-24(13)15-7-5-6-14(10-15)19-11-16(25)20-17(12-18)8-3-2-4-9-17/h5-7,10,19H,2-4,8-9,11H2,1H3,(H,20,25). The van der Waals surface area contributed by atoms with Gasteiger partial charge in [-0.3, -0.25) is 4.79 Å². The lowest BCUT2D eigenvalue weighted by molar-refractivity contribution is -0.121. The molecule has 0 spiro atoms. The quantitative estimate of drug-likeness (QED) is 0.858. The normalized spacial score (nSPS) is 16.0. The van der Waals surface area contributed by atoms with E-state index in [1.54, 1.807) is 4.68 Å². The van der Waals surface area contributed by atoms with Crippen molar-refractivity contribution in [2.75, 3.05) is 11.9 Å². The van der Waals surface area contributed by atoms with Gasteiger partial charge in [0.1, 0.15) is 5.54 Å². The molecular formula is C17H21N7O. The minimum absolute atomic E-state index is 0.113. The number of nitriles is 1. The molecule has 1 saturated carbocycles. The largest absolute Gasteiger partial charge is 0.376 e. The van der Waals surface area contributed by atoms with Gasteiger partial charge in [-0.25, -0.2) is 0 Å². The Kier molecular flexibility index (Phi) is 4.93. The zero-order valence-electron chi connectivity index (χ0n) is 14.2. The lowest BCUT2D eigenvalue weighted by atomic mass is 9.83. The molecule has 0 bridgehead atoms. The number of nitrogens with one attached hydrogen (secondary N) is 2. The zero-order valence-corrected chi connectivity index (χ0v) is 14.2. The van der Waals surface area contributed by atoms with Gasteiger partial charge in [-0.05, 0) is 48.4 Å². The first-order chi connectivity index (χ1) is 12.1. The van der Waals surface area contributed by atoms with E-state index in [1.807, 2.05) is 31.2 Å². The number of carbonyl (C=O) groups is 1. The van der Waals surface area contributed by atoms with Gasteiger partial charge in [-0.15, -0.1) is 5.10 Å². The molecule has 8 nitrogen and oxygen atoms in total. The SMILES string of the molecule is Cc1nnnn1-c1cccc(NCC(=O)NC2(C#N)CCCCC2)c1. The van der Waals surface area contributed by atoms with Crippen molar-refractivity contribution in [2.45, 2.75) is 44.6 Å². The Morgan fingerprint density at radius 1 is 1.36 bits per heavy atom. The van der Waals surface area contributed by atoms with E-state index in [4.69, 9.17) is 0 Å². The van der Waals surface area contributed by atoms with E-state index in [0.717, 1.165) is 43.5 Å². The second-order valence-electron chi connectivity index (χ2n) is 6.34. The summed E-state index contributed by atoms with van der Waals surface area (Å²) in [5, 5.41) is 26.9. The predicted molar refractivity (Wildman–Crippen MR) is 92.0 cm³/mol. The van der Waals surface area contributed by atoms with Gasteiger partial charge in [0, 0.05) is 5.69 Å². The van der Waals surface area contributed by atoms with Crippen LogP contribution in [-0.2, 0) is 4.79 Å². The van der Waals surface area contributed by atoms with E-state index in [2.05, 4.69) is 32.2 Å². The second kappa shape index (κ2) is 7.30. The summed E-state index contributed by atoms with van der Waals surface area (Å²) in [6, 6.07) is 9.80. The van der Waals surface area contributed by atoms with Crippen LogP contribution in [0, 0.1) is 18.3 Å². The van der Waals surface area contributed by atoms with E-state index >= 15 is 0 Å². The Bertz CT molecular complexity index is 786. The number of nitrogens with zero attached hydrogens (tertiary/aromatic N) is 5. The summed E-state index contributed by atoms with van der Waals surface area (Å²) in [5.41, 5.74) is 0.897.